The third-order valence-electron chi connectivity index (χ3n) is 6.66. The number of aromatic nitrogens is 2. The molecule has 1 aliphatic rings. The Hall–Kier alpha value is -2.59. The molecule has 38 heavy (non-hydrogen) atoms. The number of fused-ring (bicyclic) bond motifs is 1. The van der Waals surface area contributed by atoms with Gasteiger partial charge in [0.1, 0.15) is 5.82 Å². The zero-order valence-electron chi connectivity index (χ0n) is 21.0. The van der Waals surface area contributed by atoms with Crippen molar-refractivity contribution in [3.05, 3.63) is 120 Å². The van der Waals surface area contributed by atoms with Crippen LogP contribution in [0.2, 0.25) is 0 Å². The van der Waals surface area contributed by atoms with Crippen molar-refractivity contribution in [2.45, 2.75) is 30.2 Å². The Morgan fingerprint density at radius 2 is 1.47 bits per heavy atom. The molecule has 1 amide bonds. The van der Waals surface area contributed by atoms with Gasteiger partial charge in [-0.3, -0.25) is 4.79 Å². The van der Waals surface area contributed by atoms with Crippen molar-refractivity contribution in [1.82, 2.24) is 14.3 Å². The van der Waals surface area contributed by atoms with Crippen LogP contribution in [0.4, 0.5) is 0 Å². The van der Waals surface area contributed by atoms with Crippen molar-refractivity contribution in [3.63, 3.8) is 0 Å². The molecule has 1 aromatic heterocycles. The summed E-state index contributed by atoms with van der Waals surface area (Å²) in [5.41, 5.74) is 5.34. The number of amides is 1. The largest absolute Gasteiger partial charge is 0.323 e. The monoisotopic (exact) mass is 546 g/mol. The quantitative estimate of drug-likeness (QED) is 0.279. The number of hydrogen-bond donors (Lipinski definition) is 1. The van der Waals surface area contributed by atoms with Gasteiger partial charge >= 0.3 is 0 Å². The topological polar surface area (TPSA) is 81.1 Å². The van der Waals surface area contributed by atoms with Crippen LogP contribution in [-0.4, -0.2) is 75.3 Å². The first kappa shape index (κ1) is 27.0. The van der Waals surface area contributed by atoms with Crippen molar-refractivity contribution < 1.29 is 13.2 Å². The molecule has 5 aromatic rings. The summed E-state index contributed by atoms with van der Waals surface area (Å²) in [4.78, 5) is 17.9. The first-order valence-corrected chi connectivity index (χ1v) is 13.7. The summed E-state index contributed by atoms with van der Waals surface area (Å²) in [5, 5.41) is 0. The molecule has 1 radical (unpaired) electrons. The maximum Gasteiger partial charge on any atom is 0.265 e. The van der Waals surface area contributed by atoms with Crippen molar-refractivity contribution in [1.29, 1.82) is 0 Å². The van der Waals surface area contributed by atoms with Gasteiger partial charge in [-0.25, -0.2) is 18.1 Å². The molecular weight excluding hydrogens is 522 g/mol. The molecule has 4 aromatic carbocycles. The van der Waals surface area contributed by atoms with E-state index in [4.69, 9.17) is 4.98 Å². The molecule has 0 spiro atoms. The van der Waals surface area contributed by atoms with Gasteiger partial charge in [0, 0.05) is 69.4 Å². The minimum atomic E-state index is -3.97. The first-order valence-electron chi connectivity index (χ1n) is 12.2. The van der Waals surface area contributed by atoms with E-state index in [0.717, 1.165) is 40.8 Å². The van der Waals surface area contributed by atoms with Crippen molar-refractivity contribution in [2.75, 3.05) is 0 Å². The van der Waals surface area contributed by atoms with Crippen LogP contribution in [0, 0.1) is 0 Å². The normalized spacial score (nSPS) is 13.2. The maximum absolute atomic E-state index is 13.0. The second-order valence-corrected chi connectivity index (χ2v) is 11.0. The van der Waals surface area contributed by atoms with Crippen molar-refractivity contribution >= 4 is 78.3 Å². The molecule has 185 valence electrons. The maximum atomic E-state index is 13.0. The summed E-state index contributed by atoms with van der Waals surface area (Å²) < 4.78 is 29.7. The number of rotatable bonds is 7. The van der Waals surface area contributed by atoms with Crippen LogP contribution in [0.15, 0.2) is 108 Å². The second kappa shape index (κ2) is 11.3. The SMILES string of the molecule is O=C(NS(=O)(=O)c1ccccc1)c1ccc2nc(C3CC3)n(Cc3ccc(-c4ccccc4)cc3)c2c1.[K]. The van der Waals surface area contributed by atoms with E-state index < -0.39 is 15.9 Å². The fourth-order valence-electron chi connectivity index (χ4n) is 4.56. The smallest absolute Gasteiger partial charge is 0.265 e. The van der Waals surface area contributed by atoms with E-state index in [2.05, 4.69) is 45.7 Å². The molecule has 0 unspecified atom stereocenters. The van der Waals surface area contributed by atoms with E-state index in [0.29, 0.717) is 12.5 Å². The molecule has 1 fully saturated rings. The predicted octanol–water partition coefficient (Wildman–Crippen LogP) is 5.37. The third kappa shape index (κ3) is 5.71. The molecule has 1 heterocycles. The summed E-state index contributed by atoms with van der Waals surface area (Å²) >= 11 is 0. The van der Waals surface area contributed by atoms with E-state index >= 15 is 0 Å². The molecular formula is C30H25KN3O3S. The number of carbonyl (C=O) groups is 1. The molecule has 6 rings (SSSR count). The number of nitrogens with one attached hydrogen (secondary N) is 1. The van der Waals surface area contributed by atoms with Gasteiger partial charge < -0.3 is 4.57 Å². The summed E-state index contributed by atoms with van der Waals surface area (Å²) in [7, 11) is -3.97. The van der Waals surface area contributed by atoms with E-state index in [1.165, 1.54) is 17.7 Å². The van der Waals surface area contributed by atoms with Gasteiger partial charge in [0.2, 0.25) is 0 Å². The molecule has 0 aliphatic heterocycles. The van der Waals surface area contributed by atoms with Crippen LogP contribution >= 0.6 is 0 Å². The first-order chi connectivity index (χ1) is 18.0. The minimum Gasteiger partial charge on any atom is -0.323 e. The number of imidazole rings is 1. The van der Waals surface area contributed by atoms with E-state index in [1.54, 1.807) is 36.4 Å². The molecule has 1 N–H and O–H groups in total. The van der Waals surface area contributed by atoms with Crippen LogP contribution in [0.1, 0.15) is 40.5 Å². The number of hydrogen-bond acceptors (Lipinski definition) is 4. The Kier molecular flexibility index (Phi) is 8.00. The fraction of sp³-hybridized carbons (Fsp3) is 0.133. The summed E-state index contributed by atoms with van der Waals surface area (Å²) in [6, 6.07) is 31.8. The van der Waals surface area contributed by atoms with Crippen LogP contribution in [-0.2, 0) is 16.6 Å². The van der Waals surface area contributed by atoms with Gasteiger partial charge in [-0.15, -0.1) is 0 Å². The Morgan fingerprint density at radius 1 is 0.842 bits per heavy atom. The Balaban J connectivity index is 0.00000294. The standard InChI is InChI=1S/C30H25N3O3S.K/c34-30(32-37(35,36)26-9-5-2-6-10-26)25-17-18-27-28(19-25)33(29(31-27)24-15-16-24)20-21-11-13-23(14-12-21)22-7-3-1-4-8-22;/h1-14,17-19,24H,15-16,20H2,(H,32,34);. The summed E-state index contributed by atoms with van der Waals surface area (Å²) in [5.74, 6) is 0.752. The molecule has 8 heteroatoms. The molecule has 0 bridgehead atoms. The molecule has 0 saturated heterocycles. The fourth-order valence-corrected chi connectivity index (χ4v) is 5.55. The van der Waals surface area contributed by atoms with Crippen molar-refractivity contribution in [3.8, 4) is 11.1 Å². The summed E-state index contributed by atoms with van der Waals surface area (Å²) in [6.07, 6.45) is 2.19. The van der Waals surface area contributed by atoms with Gasteiger partial charge in [-0.2, -0.15) is 0 Å². The minimum absolute atomic E-state index is 0. The number of carbonyl (C=O) groups excluding carboxylic acids is 1. The third-order valence-corrected chi connectivity index (χ3v) is 8.01. The van der Waals surface area contributed by atoms with Crippen LogP contribution < -0.4 is 4.72 Å². The second-order valence-electron chi connectivity index (χ2n) is 9.34. The van der Waals surface area contributed by atoms with Crippen LogP contribution in [0.25, 0.3) is 22.2 Å². The molecule has 1 aliphatic carbocycles. The van der Waals surface area contributed by atoms with Crippen molar-refractivity contribution in [2.24, 2.45) is 0 Å². The van der Waals surface area contributed by atoms with E-state index in [1.807, 2.05) is 18.2 Å². The Labute approximate surface area is 264 Å². The predicted molar refractivity (Wildman–Crippen MR) is 150 cm³/mol. The van der Waals surface area contributed by atoms with E-state index in [-0.39, 0.29) is 61.8 Å². The van der Waals surface area contributed by atoms with Crippen LogP contribution in [0.5, 0.6) is 0 Å². The average Bonchev–Trinajstić information content (AvgIpc) is 3.72. The number of benzene rings is 4. The molecule has 0 atom stereocenters. The zero-order valence-corrected chi connectivity index (χ0v) is 25.0. The van der Waals surface area contributed by atoms with E-state index in [9.17, 15) is 13.2 Å². The van der Waals surface area contributed by atoms with Gasteiger partial charge in [0.15, 0.2) is 0 Å². The Bertz CT molecular complexity index is 1700. The van der Waals surface area contributed by atoms with Gasteiger partial charge in [0.25, 0.3) is 15.9 Å². The van der Waals surface area contributed by atoms with Crippen LogP contribution in [0.3, 0.4) is 0 Å². The summed E-state index contributed by atoms with van der Waals surface area (Å²) in [6.45, 7) is 0.616. The zero-order chi connectivity index (χ0) is 25.4. The Morgan fingerprint density at radius 3 is 2.13 bits per heavy atom. The molecule has 6 nitrogen and oxygen atoms in total. The molecule has 1 saturated carbocycles. The van der Waals surface area contributed by atoms with Gasteiger partial charge in [-0.1, -0.05) is 72.8 Å². The van der Waals surface area contributed by atoms with Gasteiger partial charge in [-0.05, 0) is 59.9 Å². The number of nitrogens with zero attached hydrogens (tertiary/aromatic N) is 2. The average molecular weight is 547 g/mol. The van der Waals surface area contributed by atoms with Gasteiger partial charge in [0.05, 0.1) is 15.9 Å². The number of sulfonamides is 1.